The molecule has 146 valence electrons. The predicted octanol–water partition coefficient (Wildman–Crippen LogP) is 4.89. The Morgan fingerprint density at radius 3 is 2.46 bits per heavy atom. The molecule has 9 heteroatoms. The highest BCUT2D eigenvalue weighted by Crippen LogP contribution is 2.33. The minimum absolute atomic E-state index is 0.0267. The number of carbonyl (C=O) groups excluding carboxylic acids is 2. The summed E-state index contributed by atoms with van der Waals surface area (Å²) in [7, 11) is 0. The third kappa shape index (κ3) is 4.30. The highest BCUT2D eigenvalue weighted by Gasteiger charge is 2.28. The number of hydrogen-bond acceptors (Lipinski definition) is 3. The Kier molecular flexibility index (Phi) is 5.37. The number of amides is 2. The van der Waals surface area contributed by atoms with E-state index in [1.165, 1.54) is 30.3 Å². The second-order valence-electron chi connectivity index (χ2n) is 6.00. The van der Waals surface area contributed by atoms with Crippen molar-refractivity contribution in [2.45, 2.75) is 13.1 Å². The van der Waals surface area contributed by atoms with Crippen molar-refractivity contribution >= 4 is 38.9 Å². The number of fused-ring (bicyclic) bond motifs is 1. The van der Waals surface area contributed by atoms with Crippen molar-refractivity contribution in [1.82, 2.24) is 5.32 Å². The van der Waals surface area contributed by atoms with Crippen LogP contribution in [0.25, 0.3) is 10.1 Å². The smallest absolute Gasteiger partial charge is 0.343 e. The average Bonchev–Trinajstić information content (AvgIpc) is 2.97. The molecule has 0 bridgehead atoms. The van der Waals surface area contributed by atoms with E-state index in [9.17, 15) is 27.2 Å². The van der Waals surface area contributed by atoms with Crippen LogP contribution in [0, 0.1) is 12.7 Å². The molecule has 3 aromatic rings. The maximum atomic E-state index is 14.0. The zero-order chi connectivity index (χ0) is 20.5. The Labute approximate surface area is 161 Å². The van der Waals surface area contributed by atoms with Crippen molar-refractivity contribution in [2.75, 3.05) is 11.9 Å². The van der Waals surface area contributed by atoms with Crippen LogP contribution >= 0.6 is 11.3 Å². The van der Waals surface area contributed by atoms with Crippen LogP contribution in [0.15, 0.2) is 42.5 Å². The molecule has 0 unspecified atom stereocenters. The topological polar surface area (TPSA) is 58.2 Å². The number of nitrogens with one attached hydrogen (secondary N) is 2. The Morgan fingerprint density at radius 1 is 1.07 bits per heavy atom. The Morgan fingerprint density at radius 2 is 1.79 bits per heavy atom. The van der Waals surface area contributed by atoms with Crippen LogP contribution in [-0.2, 0) is 0 Å². The molecule has 2 amide bonds. The van der Waals surface area contributed by atoms with Gasteiger partial charge in [0.1, 0.15) is 12.4 Å². The first-order chi connectivity index (χ1) is 13.2. The summed E-state index contributed by atoms with van der Waals surface area (Å²) in [5.74, 6) is -1.83. The molecule has 4 nitrogen and oxygen atoms in total. The van der Waals surface area contributed by atoms with Crippen molar-refractivity contribution < 1.29 is 27.2 Å². The summed E-state index contributed by atoms with van der Waals surface area (Å²) in [6.45, 7) is 0.187. The van der Waals surface area contributed by atoms with Gasteiger partial charge in [-0.2, -0.15) is 13.2 Å². The van der Waals surface area contributed by atoms with E-state index in [4.69, 9.17) is 0 Å². The van der Waals surface area contributed by atoms with E-state index in [0.717, 1.165) is 11.3 Å². The van der Waals surface area contributed by atoms with Gasteiger partial charge in [-0.1, -0.05) is 12.1 Å². The third-order valence-corrected chi connectivity index (χ3v) is 5.20. The average molecular weight is 410 g/mol. The molecule has 0 spiro atoms. The van der Waals surface area contributed by atoms with Gasteiger partial charge in [0, 0.05) is 21.3 Å². The van der Waals surface area contributed by atoms with Crippen LogP contribution < -0.4 is 10.6 Å². The summed E-state index contributed by atoms with van der Waals surface area (Å²) < 4.78 is 51.3. The number of aryl methyl sites for hydroxylation is 1. The number of alkyl halides is 3. The molecule has 0 aliphatic rings. The fourth-order valence-electron chi connectivity index (χ4n) is 2.68. The maximum absolute atomic E-state index is 14.0. The van der Waals surface area contributed by atoms with Crippen molar-refractivity contribution in [1.29, 1.82) is 0 Å². The largest absolute Gasteiger partial charge is 0.405 e. The van der Waals surface area contributed by atoms with Gasteiger partial charge < -0.3 is 10.6 Å². The Hall–Kier alpha value is -2.94. The van der Waals surface area contributed by atoms with Crippen molar-refractivity contribution in [3.63, 3.8) is 0 Å². The fraction of sp³-hybridized carbons (Fsp3) is 0.158. The molecule has 1 heterocycles. The molecule has 0 saturated carbocycles. The summed E-state index contributed by atoms with van der Waals surface area (Å²) in [4.78, 5) is 24.7. The fourth-order valence-corrected chi connectivity index (χ4v) is 3.80. The van der Waals surface area contributed by atoms with Gasteiger partial charge in [-0.3, -0.25) is 9.59 Å². The van der Waals surface area contributed by atoms with Gasteiger partial charge in [0.25, 0.3) is 11.8 Å². The third-order valence-electron chi connectivity index (χ3n) is 3.94. The van der Waals surface area contributed by atoms with Crippen LogP contribution in [0.5, 0.6) is 0 Å². The molecule has 0 aliphatic carbocycles. The standard InChI is InChI=1S/C19H14F4N2O2S/c1-10-15-13(20)6-3-7-14(15)28-16(10)18(27)25-12-5-2-4-11(8-12)17(26)24-9-19(21,22)23/h2-8H,9H2,1H3,(H,24,26)(H,25,27). The van der Waals surface area contributed by atoms with Crippen molar-refractivity contribution in [3.8, 4) is 0 Å². The van der Waals surface area contributed by atoms with Gasteiger partial charge in [0.05, 0.1) is 4.88 Å². The van der Waals surface area contributed by atoms with E-state index in [0.29, 0.717) is 20.5 Å². The molecule has 0 saturated heterocycles. The van der Waals surface area contributed by atoms with Gasteiger partial charge in [-0.15, -0.1) is 11.3 Å². The van der Waals surface area contributed by atoms with Crippen molar-refractivity contribution in [2.24, 2.45) is 0 Å². The maximum Gasteiger partial charge on any atom is 0.405 e. The molecule has 3 rings (SSSR count). The minimum Gasteiger partial charge on any atom is -0.343 e. The normalized spacial score (nSPS) is 11.5. The highest BCUT2D eigenvalue weighted by atomic mass is 32.1. The lowest BCUT2D eigenvalue weighted by Crippen LogP contribution is -2.33. The number of benzene rings is 2. The summed E-state index contributed by atoms with van der Waals surface area (Å²) in [5.41, 5.74) is 0.706. The number of hydrogen-bond donors (Lipinski definition) is 2. The van der Waals surface area contributed by atoms with Crippen LogP contribution in [-0.4, -0.2) is 24.5 Å². The first-order valence-electron chi connectivity index (χ1n) is 8.09. The van der Waals surface area contributed by atoms with E-state index in [-0.39, 0.29) is 11.3 Å². The second kappa shape index (κ2) is 7.59. The van der Waals surface area contributed by atoms with Crippen molar-refractivity contribution in [3.05, 3.63) is 64.3 Å². The molecule has 0 atom stereocenters. The number of thiophene rings is 1. The molecule has 0 fully saturated rings. The highest BCUT2D eigenvalue weighted by molar-refractivity contribution is 7.21. The van der Waals surface area contributed by atoms with E-state index in [1.54, 1.807) is 24.4 Å². The number of halogens is 4. The Bertz CT molecular complexity index is 1060. The van der Waals surface area contributed by atoms with Gasteiger partial charge in [0.15, 0.2) is 0 Å². The van der Waals surface area contributed by atoms with Crippen LogP contribution in [0.1, 0.15) is 25.6 Å². The second-order valence-corrected chi connectivity index (χ2v) is 7.05. The monoisotopic (exact) mass is 410 g/mol. The minimum atomic E-state index is -4.52. The summed E-state index contributed by atoms with van der Waals surface area (Å²) in [6.07, 6.45) is -4.52. The van der Waals surface area contributed by atoms with E-state index in [1.807, 2.05) is 0 Å². The lowest BCUT2D eigenvalue weighted by molar-refractivity contribution is -0.123. The predicted molar refractivity (Wildman–Crippen MR) is 99.3 cm³/mol. The van der Waals surface area contributed by atoms with Gasteiger partial charge in [-0.05, 0) is 42.8 Å². The molecule has 2 aromatic carbocycles. The summed E-state index contributed by atoms with van der Waals surface area (Å²) in [5, 5.41) is 4.73. The van der Waals surface area contributed by atoms with E-state index < -0.39 is 30.4 Å². The van der Waals surface area contributed by atoms with Crippen LogP contribution in [0.2, 0.25) is 0 Å². The van der Waals surface area contributed by atoms with Crippen LogP contribution in [0.4, 0.5) is 23.2 Å². The van der Waals surface area contributed by atoms with E-state index >= 15 is 0 Å². The zero-order valence-electron chi connectivity index (χ0n) is 14.5. The molecule has 28 heavy (non-hydrogen) atoms. The number of anilines is 1. The molecule has 0 aliphatic heterocycles. The van der Waals surface area contributed by atoms with E-state index in [2.05, 4.69) is 5.32 Å². The molecule has 0 radical (unpaired) electrons. The molecular formula is C19H14F4N2O2S. The first kappa shape index (κ1) is 19.8. The molecule has 2 N–H and O–H groups in total. The van der Waals surface area contributed by atoms with Crippen LogP contribution in [0.3, 0.4) is 0 Å². The van der Waals surface area contributed by atoms with Gasteiger partial charge >= 0.3 is 6.18 Å². The summed E-state index contributed by atoms with van der Waals surface area (Å²) >= 11 is 1.13. The zero-order valence-corrected chi connectivity index (χ0v) is 15.3. The number of rotatable bonds is 4. The van der Waals surface area contributed by atoms with Gasteiger partial charge in [0.2, 0.25) is 0 Å². The first-order valence-corrected chi connectivity index (χ1v) is 8.91. The number of carbonyl (C=O) groups is 2. The quantitative estimate of drug-likeness (QED) is 0.602. The lowest BCUT2D eigenvalue weighted by atomic mass is 10.1. The van der Waals surface area contributed by atoms with Gasteiger partial charge in [-0.25, -0.2) is 4.39 Å². The Balaban J connectivity index is 1.79. The molecular weight excluding hydrogens is 396 g/mol. The lowest BCUT2D eigenvalue weighted by Gasteiger charge is -2.10. The molecule has 1 aromatic heterocycles. The summed E-state index contributed by atoms with van der Waals surface area (Å²) in [6, 6.07) is 10.1. The SMILES string of the molecule is Cc1c(C(=O)Nc2cccc(C(=O)NCC(F)(F)F)c2)sc2cccc(F)c12.